The highest BCUT2D eigenvalue weighted by Crippen LogP contribution is 2.27. The first kappa shape index (κ1) is 22.3. The van der Waals surface area contributed by atoms with Gasteiger partial charge < -0.3 is 9.47 Å². The monoisotopic (exact) mass is 433 g/mol. The normalized spacial score (nSPS) is 14.6. The second-order valence-electron chi connectivity index (χ2n) is 5.01. The lowest BCUT2D eigenvalue weighted by molar-refractivity contribution is -0.146. The molecule has 11 heteroatoms. The van der Waals surface area contributed by atoms with Crippen molar-refractivity contribution in [1.82, 2.24) is 4.72 Å². The number of esters is 1. The maximum atomic E-state index is 12.1. The summed E-state index contributed by atoms with van der Waals surface area (Å²) in [6.45, 7) is 2.08. The van der Waals surface area contributed by atoms with Gasteiger partial charge in [0.15, 0.2) is 0 Å². The van der Waals surface area contributed by atoms with Gasteiger partial charge in [-0.2, -0.15) is 13.1 Å². The van der Waals surface area contributed by atoms with Gasteiger partial charge in [-0.15, -0.1) is 0 Å². The molecule has 0 spiro atoms. The van der Waals surface area contributed by atoms with Crippen molar-refractivity contribution in [2.24, 2.45) is 0 Å². The Bertz CT molecular complexity index is 675. The molecule has 0 aliphatic rings. The van der Waals surface area contributed by atoms with E-state index < -0.39 is 38.8 Å². The molecule has 0 bridgehead atoms. The fourth-order valence-corrected chi connectivity index (χ4v) is 3.31. The number of alkyl halides is 3. The van der Waals surface area contributed by atoms with E-state index in [1.807, 2.05) is 0 Å². The standard InChI is InChI=1S/C14H18Cl3NO6S/c1-9(24-10(2)19)13(11-4-6-12(22-3)7-5-11)18-25(20,21)23-8-14(15,16)17/h4-7,9,13,18H,8H2,1-3H3/t9-,13-/m1/s1. The predicted molar refractivity (Wildman–Crippen MR) is 95.3 cm³/mol. The number of halogens is 3. The molecule has 0 heterocycles. The molecule has 0 aliphatic carbocycles. The maximum Gasteiger partial charge on any atom is 0.336 e. The molecular weight excluding hydrogens is 417 g/mol. The molecular formula is C14H18Cl3NO6S. The van der Waals surface area contributed by atoms with E-state index in [4.69, 9.17) is 44.3 Å². The maximum absolute atomic E-state index is 12.1. The van der Waals surface area contributed by atoms with E-state index in [0.29, 0.717) is 11.3 Å². The second-order valence-corrected chi connectivity index (χ2v) is 8.91. The number of hydrogen-bond acceptors (Lipinski definition) is 6. The van der Waals surface area contributed by atoms with Crippen LogP contribution in [0.2, 0.25) is 0 Å². The first-order valence-corrected chi connectivity index (χ1v) is 9.52. The fourth-order valence-electron chi connectivity index (χ4n) is 1.91. The summed E-state index contributed by atoms with van der Waals surface area (Å²) < 4.78 is 39.4. The Labute approximate surface area is 161 Å². The Hall–Kier alpha value is -0.770. The van der Waals surface area contributed by atoms with E-state index in [-0.39, 0.29) is 0 Å². The van der Waals surface area contributed by atoms with Gasteiger partial charge in [0.1, 0.15) is 18.5 Å². The zero-order valence-corrected chi connectivity index (χ0v) is 16.7. The van der Waals surface area contributed by atoms with E-state index in [9.17, 15) is 13.2 Å². The molecule has 1 aromatic rings. The molecule has 0 amide bonds. The minimum Gasteiger partial charge on any atom is -0.497 e. The molecule has 25 heavy (non-hydrogen) atoms. The highest BCUT2D eigenvalue weighted by molar-refractivity contribution is 7.84. The number of hydrogen-bond donors (Lipinski definition) is 1. The van der Waals surface area contributed by atoms with Gasteiger partial charge in [-0.25, -0.2) is 0 Å². The fraction of sp³-hybridized carbons (Fsp3) is 0.500. The number of benzene rings is 1. The van der Waals surface area contributed by atoms with Gasteiger partial charge in [0.25, 0.3) is 0 Å². The lowest BCUT2D eigenvalue weighted by Gasteiger charge is -2.25. The summed E-state index contributed by atoms with van der Waals surface area (Å²) in [4.78, 5) is 11.2. The molecule has 142 valence electrons. The van der Waals surface area contributed by atoms with Crippen LogP contribution in [0.25, 0.3) is 0 Å². The van der Waals surface area contributed by atoms with Crippen LogP contribution in [0.15, 0.2) is 24.3 Å². The molecule has 0 unspecified atom stereocenters. The van der Waals surface area contributed by atoms with E-state index in [1.54, 1.807) is 24.3 Å². The number of carbonyl (C=O) groups is 1. The molecule has 0 saturated heterocycles. The number of nitrogens with one attached hydrogen (secondary N) is 1. The van der Waals surface area contributed by atoms with Crippen molar-refractivity contribution >= 4 is 51.1 Å². The van der Waals surface area contributed by atoms with Gasteiger partial charge >= 0.3 is 16.3 Å². The Kier molecular flexibility index (Phi) is 8.24. The van der Waals surface area contributed by atoms with Gasteiger partial charge in [-0.3, -0.25) is 8.98 Å². The molecule has 0 aromatic heterocycles. The van der Waals surface area contributed by atoms with Crippen molar-refractivity contribution in [2.45, 2.75) is 29.8 Å². The molecule has 2 atom stereocenters. The average molecular weight is 435 g/mol. The lowest BCUT2D eigenvalue weighted by Crippen LogP contribution is -2.38. The highest BCUT2D eigenvalue weighted by atomic mass is 35.6. The van der Waals surface area contributed by atoms with Crippen molar-refractivity contribution in [2.75, 3.05) is 13.7 Å². The summed E-state index contributed by atoms with van der Waals surface area (Å²) in [6, 6.07) is 5.61. The number of rotatable bonds is 8. The van der Waals surface area contributed by atoms with E-state index >= 15 is 0 Å². The molecule has 1 N–H and O–H groups in total. The van der Waals surface area contributed by atoms with Crippen LogP contribution < -0.4 is 9.46 Å². The zero-order valence-electron chi connectivity index (χ0n) is 13.7. The van der Waals surface area contributed by atoms with Crippen LogP contribution in [0.5, 0.6) is 5.75 Å². The van der Waals surface area contributed by atoms with Gasteiger partial charge in [0, 0.05) is 6.92 Å². The predicted octanol–water partition coefficient (Wildman–Crippen LogP) is 2.91. The highest BCUT2D eigenvalue weighted by Gasteiger charge is 2.30. The second kappa shape index (κ2) is 9.25. The van der Waals surface area contributed by atoms with Crippen LogP contribution >= 0.6 is 34.8 Å². The third-order valence-corrected chi connectivity index (χ3v) is 4.24. The van der Waals surface area contributed by atoms with Crippen molar-refractivity contribution < 1.29 is 26.9 Å². The molecule has 7 nitrogen and oxygen atoms in total. The van der Waals surface area contributed by atoms with Crippen molar-refractivity contribution in [1.29, 1.82) is 0 Å². The van der Waals surface area contributed by atoms with Gasteiger partial charge in [-0.05, 0) is 24.6 Å². The van der Waals surface area contributed by atoms with Crippen LogP contribution in [-0.4, -0.2) is 38.0 Å². The minimum absolute atomic E-state index is 0.524. The zero-order chi connectivity index (χ0) is 19.3. The van der Waals surface area contributed by atoms with Crippen LogP contribution in [-0.2, 0) is 24.0 Å². The van der Waals surface area contributed by atoms with Crippen molar-refractivity contribution in [3.63, 3.8) is 0 Å². The third-order valence-electron chi connectivity index (χ3n) is 2.95. The summed E-state index contributed by atoms with van der Waals surface area (Å²) in [5.41, 5.74) is 0.524. The Morgan fingerprint density at radius 2 is 1.80 bits per heavy atom. The van der Waals surface area contributed by atoms with Crippen molar-refractivity contribution in [3.05, 3.63) is 29.8 Å². The summed E-state index contributed by atoms with van der Waals surface area (Å²) in [5.74, 6) is 0.0189. The van der Waals surface area contributed by atoms with E-state index in [2.05, 4.69) is 8.91 Å². The molecule has 0 saturated carbocycles. The van der Waals surface area contributed by atoms with Crippen LogP contribution in [0, 0.1) is 0 Å². The van der Waals surface area contributed by atoms with Crippen molar-refractivity contribution in [3.8, 4) is 5.75 Å². The van der Waals surface area contributed by atoms with Crippen LogP contribution in [0.1, 0.15) is 25.5 Å². The van der Waals surface area contributed by atoms with Crippen LogP contribution in [0.4, 0.5) is 0 Å². The Balaban J connectivity index is 3.03. The summed E-state index contributed by atoms with van der Waals surface area (Å²) in [7, 11) is -2.78. The topological polar surface area (TPSA) is 90.9 Å². The minimum atomic E-state index is -4.28. The molecule has 0 radical (unpaired) electrons. The molecule has 1 aromatic carbocycles. The Morgan fingerprint density at radius 1 is 1.24 bits per heavy atom. The number of methoxy groups -OCH3 is 1. The first-order valence-electron chi connectivity index (χ1n) is 6.98. The third kappa shape index (κ3) is 8.44. The summed E-state index contributed by atoms with van der Waals surface area (Å²) >= 11 is 16.5. The largest absolute Gasteiger partial charge is 0.497 e. The van der Waals surface area contributed by atoms with Crippen LogP contribution in [0.3, 0.4) is 0 Å². The number of ether oxygens (including phenoxy) is 2. The van der Waals surface area contributed by atoms with Gasteiger partial charge in [-0.1, -0.05) is 46.9 Å². The quantitative estimate of drug-likeness (QED) is 0.500. The summed E-state index contributed by atoms with van der Waals surface area (Å²) in [6.07, 6.45) is -0.822. The van der Waals surface area contributed by atoms with E-state index in [1.165, 1.54) is 21.0 Å². The van der Waals surface area contributed by atoms with E-state index in [0.717, 1.165) is 0 Å². The molecule has 0 aliphatic heterocycles. The molecule has 1 rings (SSSR count). The SMILES string of the molecule is COc1ccc([C@H](NS(=O)(=O)OCC(Cl)(Cl)Cl)[C@@H](C)OC(C)=O)cc1. The Morgan fingerprint density at radius 3 is 2.24 bits per heavy atom. The molecule has 0 fully saturated rings. The smallest absolute Gasteiger partial charge is 0.336 e. The number of carbonyl (C=O) groups excluding carboxylic acids is 1. The summed E-state index contributed by atoms with van der Waals surface area (Å²) in [5, 5.41) is 0. The average Bonchev–Trinajstić information content (AvgIpc) is 2.50. The lowest BCUT2D eigenvalue weighted by atomic mass is 10.0. The first-order chi connectivity index (χ1) is 11.4. The van der Waals surface area contributed by atoms with Gasteiger partial charge in [0.2, 0.25) is 3.79 Å². The van der Waals surface area contributed by atoms with Gasteiger partial charge in [0.05, 0.1) is 13.2 Å².